The number of nitrogens with two attached hydrogens (primary N) is 1. The molecule has 0 radical (unpaired) electrons. The van der Waals surface area contributed by atoms with Gasteiger partial charge < -0.3 is 11.1 Å². The van der Waals surface area contributed by atoms with Crippen LogP contribution in [0.2, 0.25) is 0 Å². The van der Waals surface area contributed by atoms with Gasteiger partial charge in [0.1, 0.15) is 0 Å². The third-order valence-electron chi connectivity index (χ3n) is 3.05. The second-order valence-electron chi connectivity index (χ2n) is 4.54. The lowest BCUT2D eigenvalue weighted by molar-refractivity contribution is -0.120. The molecule has 0 aliphatic rings. The summed E-state index contributed by atoms with van der Waals surface area (Å²) in [6.07, 6.45) is 0. The molecule has 3 N–H and O–H groups in total. The fourth-order valence-corrected chi connectivity index (χ4v) is 1.34. The number of carbonyl (C=O) groups is 1. The van der Waals surface area contributed by atoms with E-state index in [1.165, 1.54) is 0 Å². The summed E-state index contributed by atoms with van der Waals surface area (Å²) in [5.41, 5.74) is 8.21. The first-order valence-corrected chi connectivity index (χ1v) is 5.59. The van der Waals surface area contributed by atoms with Crippen molar-refractivity contribution in [1.29, 1.82) is 0 Å². The molecule has 0 aliphatic heterocycles. The van der Waals surface area contributed by atoms with E-state index in [-0.39, 0.29) is 11.8 Å². The quantitative estimate of drug-likeness (QED) is 0.769. The highest BCUT2D eigenvalue weighted by molar-refractivity contribution is 5.93. The maximum Gasteiger partial charge on any atom is 0.227 e. The van der Waals surface area contributed by atoms with Crippen molar-refractivity contribution in [2.45, 2.75) is 27.7 Å². The van der Waals surface area contributed by atoms with Crippen LogP contribution >= 0.6 is 0 Å². The van der Waals surface area contributed by atoms with Crippen molar-refractivity contribution in [3.8, 4) is 0 Å². The average Bonchev–Trinajstić information content (AvgIpc) is 2.23. The molecule has 1 unspecified atom stereocenters. The first-order valence-electron chi connectivity index (χ1n) is 5.59. The maximum atomic E-state index is 11.9. The second-order valence-corrected chi connectivity index (χ2v) is 4.54. The summed E-state index contributed by atoms with van der Waals surface area (Å²) in [4.78, 5) is 11.9. The highest BCUT2D eigenvalue weighted by atomic mass is 16.1. The van der Waals surface area contributed by atoms with E-state index in [0.29, 0.717) is 11.6 Å². The predicted molar refractivity (Wildman–Crippen MR) is 68.2 cm³/mol. The Morgan fingerprint density at radius 1 is 1.31 bits per heavy atom. The number of hydrogen-bond donors (Lipinski definition) is 2. The lowest BCUT2D eigenvalue weighted by atomic mass is 9.97. The Kier molecular flexibility index (Phi) is 3.93. The van der Waals surface area contributed by atoms with E-state index in [1.807, 2.05) is 45.9 Å². The molecule has 1 rings (SSSR count). The van der Waals surface area contributed by atoms with Crippen LogP contribution in [0.4, 0.5) is 11.4 Å². The molecule has 1 aromatic rings. The van der Waals surface area contributed by atoms with E-state index < -0.39 is 0 Å². The monoisotopic (exact) mass is 220 g/mol. The summed E-state index contributed by atoms with van der Waals surface area (Å²) in [5.74, 6) is 0.380. The van der Waals surface area contributed by atoms with Crippen LogP contribution in [-0.4, -0.2) is 5.91 Å². The Bertz CT molecular complexity index is 386. The third-order valence-corrected chi connectivity index (χ3v) is 3.05. The molecule has 0 bridgehead atoms. The molecule has 0 saturated heterocycles. The number of rotatable bonds is 3. The number of nitrogen functional groups attached to an aromatic ring is 1. The van der Waals surface area contributed by atoms with E-state index in [2.05, 4.69) is 5.32 Å². The van der Waals surface area contributed by atoms with Gasteiger partial charge in [-0.05, 0) is 30.5 Å². The average molecular weight is 220 g/mol. The van der Waals surface area contributed by atoms with Crippen LogP contribution in [-0.2, 0) is 4.79 Å². The molecule has 3 nitrogen and oxygen atoms in total. The molecule has 0 spiro atoms. The minimum absolute atomic E-state index is 0.000769. The summed E-state index contributed by atoms with van der Waals surface area (Å²) in [6.45, 7) is 7.92. The molecule has 3 heteroatoms. The van der Waals surface area contributed by atoms with Crippen LogP contribution in [0.5, 0.6) is 0 Å². The van der Waals surface area contributed by atoms with Gasteiger partial charge in [-0.15, -0.1) is 0 Å². The number of benzene rings is 1. The molecule has 88 valence electrons. The number of carbonyl (C=O) groups excluding carboxylic acids is 1. The molecule has 16 heavy (non-hydrogen) atoms. The van der Waals surface area contributed by atoms with Crippen molar-refractivity contribution < 1.29 is 4.79 Å². The van der Waals surface area contributed by atoms with Gasteiger partial charge in [-0.1, -0.05) is 26.8 Å². The van der Waals surface area contributed by atoms with E-state index in [0.717, 1.165) is 11.3 Å². The summed E-state index contributed by atoms with van der Waals surface area (Å²) >= 11 is 0. The normalized spacial score (nSPS) is 12.6. The van der Waals surface area contributed by atoms with Crippen LogP contribution in [0.3, 0.4) is 0 Å². The molecule has 0 aromatic heterocycles. The first kappa shape index (κ1) is 12.6. The van der Waals surface area contributed by atoms with Crippen LogP contribution in [0.25, 0.3) is 0 Å². The largest absolute Gasteiger partial charge is 0.398 e. The molecule has 1 atom stereocenters. The minimum Gasteiger partial charge on any atom is -0.398 e. The molecule has 0 fully saturated rings. The smallest absolute Gasteiger partial charge is 0.227 e. The summed E-state index contributed by atoms with van der Waals surface area (Å²) in [7, 11) is 0. The molecule has 0 heterocycles. The topological polar surface area (TPSA) is 55.1 Å². The predicted octanol–water partition coefficient (Wildman–Crippen LogP) is 2.81. The Balaban J connectivity index is 2.81. The second kappa shape index (κ2) is 5.01. The number of amides is 1. The highest BCUT2D eigenvalue weighted by Crippen LogP contribution is 2.22. The zero-order valence-electron chi connectivity index (χ0n) is 10.4. The van der Waals surface area contributed by atoms with Gasteiger partial charge in [-0.25, -0.2) is 0 Å². The van der Waals surface area contributed by atoms with Gasteiger partial charge >= 0.3 is 0 Å². The van der Waals surface area contributed by atoms with E-state index >= 15 is 0 Å². The molecule has 0 aliphatic carbocycles. The Hall–Kier alpha value is -1.51. The maximum absolute atomic E-state index is 11.9. The zero-order chi connectivity index (χ0) is 12.3. The first-order chi connectivity index (χ1) is 7.43. The fourth-order valence-electron chi connectivity index (χ4n) is 1.34. The van der Waals surface area contributed by atoms with Gasteiger partial charge in [0.25, 0.3) is 0 Å². The number of nitrogens with one attached hydrogen (secondary N) is 1. The van der Waals surface area contributed by atoms with Crippen LogP contribution in [0.1, 0.15) is 26.3 Å². The van der Waals surface area contributed by atoms with Crippen molar-refractivity contribution in [2.24, 2.45) is 11.8 Å². The van der Waals surface area contributed by atoms with Gasteiger partial charge in [0.05, 0.1) is 0 Å². The van der Waals surface area contributed by atoms with Crippen LogP contribution in [0, 0.1) is 18.8 Å². The van der Waals surface area contributed by atoms with Gasteiger partial charge in [0.2, 0.25) is 5.91 Å². The standard InChI is InChI=1S/C13H20N2O/c1-8(2)9(3)13(16)15-12-7-5-6-11(14)10(12)4/h5-9H,14H2,1-4H3,(H,15,16). The summed E-state index contributed by atoms with van der Waals surface area (Å²) in [5, 5.41) is 2.91. The summed E-state index contributed by atoms with van der Waals surface area (Å²) in [6, 6.07) is 5.55. The van der Waals surface area contributed by atoms with E-state index in [4.69, 9.17) is 5.73 Å². The third kappa shape index (κ3) is 2.75. The molecular weight excluding hydrogens is 200 g/mol. The molecular formula is C13H20N2O. The minimum atomic E-state index is 0.000769. The lowest BCUT2D eigenvalue weighted by Crippen LogP contribution is -2.24. The van der Waals surface area contributed by atoms with Crippen molar-refractivity contribution in [3.05, 3.63) is 23.8 Å². The molecule has 1 aromatic carbocycles. The Morgan fingerprint density at radius 3 is 2.50 bits per heavy atom. The van der Waals surface area contributed by atoms with Crippen molar-refractivity contribution >= 4 is 17.3 Å². The van der Waals surface area contributed by atoms with Crippen molar-refractivity contribution in [3.63, 3.8) is 0 Å². The van der Waals surface area contributed by atoms with Gasteiger partial charge in [-0.2, -0.15) is 0 Å². The fraction of sp³-hybridized carbons (Fsp3) is 0.462. The molecule has 0 saturated carbocycles. The van der Waals surface area contributed by atoms with E-state index in [1.54, 1.807) is 0 Å². The summed E-state index contributed by atoms with van der Waals surface area (Å²) < 4.78 is 0. The Labute approximate surface area is 97.0 Å². The van der Waals surface area contributed by atoms with Crippen molar-refractivity contribution in [1.82, 2.24) is 0 Å². The van der Waals surface area contributed by atoms with Gasteiger partial charge in [0.15, 0.2) is 0 Å². The number of anilines is 2. The Morgan fingerprint density at radius 2 is 1.94 bits per heavy atom. The SMILES string of the molecule is Cc1c(N)cccc1NC(=O)C(C)C(C)C. The molecule has 1 amide bonds. The van der Waals surface area contributed by atoms with Crippen LogP contribution < -0.4 is 11.1 Å². The number of hydrogen-bond acceptors (Lipinski definition) is 2. The van der Waals surface area contributed by atoms with Crippen LogP contribution in [0.15, 0.2) is 18.2 Å². The van der Waals surface area contributed by atoms with Crippen molar-refractivity contribution in [2.75, 3.05) is 11.1 Å². The van der Waals surface area contributed by atoms with E-state index in [9.17, 15) is 4.79 Å². The highest BCUT2D eigenvalue weighted by Gasteiger charge is 2.17. The van der Waals surface area contributed by atoms with Gasteiger partial charge in [-0.3, -0.25) is 4.79 Å². The van der Waals surface area contributed by atoms with Gasteiger partial charge in [0, 0.05) is 17.3 Å². The lowest BCUT2D eigenvalue weighted by Gasteiger charge is -2.17. The zero-order valence-corrected chi connectivity index (χ0v) is 10.4.